The van der Waals surface area contributed by atoms with Crippen LogP contribution < -0.4 is 5.32 Å². The number of hydrogen-bond acceptors (Lipinski definition) is 2. The molecule has 3 heteroatoms. The molecule has 15 heavy (non-hydrogen) atoms. The second-order valence-corrected chi connectivity index (χ2v) is 4.87. The fourth-order valence-corrected chi connectivity index (χ4v) is 1.77. The van der Waals surface area contributed by atoms with E-state index in [9.17, 15) is 0 Å². The SMILES string of the molecule is CCCC(C)(C)NCc1cnn(C)c1C. The number of aromatic nitrogens is 2. The minimum absolute atomic E-state index is 0.219. The summed E-state index contributed by atoms with van der Waals surface area (Å²) >= 11 is 0. The van der Waals surface area contributed by atoms with Crippen LogP contribution in [-0.4, -0.2) is 15.3 Å². The second kappa shape index (κ2) is 4.79. The zero-order chi connectivity index (χ0) is 11.5. The number of nitrogens with one attached hydrogen (secondary N) is 1. The molecule has 3 nitrogen and oxygen atoms in total. The molecule has 0 aliphatic rings. The average molecular weight is 209 g/mol. The van der Waals surface area contributed by atoms with E-state index in [2.05, 4.69) is 38.1 Å². The number of aryl methyl sites for hydroxylation is 1. The lowest BCUT2D eigenvalue weighted by Gasteiger charge is -2.25. The quantitative estimate of drug-likeness (QED) is 0.807. The van der Waals surface area contributed by atoms with Crippen LogP contribution in [0.2, 0.25) is 0 Å². The molecule has 0 aliphatic heterocycles. The molecule has 0 amide bonds. The fraction of sp³-hybridized carbons (Fsp3) is 0.750. The van der Waals surface area contributed by atoms with Crippen molar-refractivity contribution in [1.29, 1.82) is 0 Å². The van der Waals surface area contributed by atoms with Gasteiger partial charge in [0.1, 0.15) is 0 Å². The van der Waals surface area contributed by atoms with Gasteiger partial charge in [0.25, 0.3) is 0 Å². The third-order valence-electron chi connectivity index (χ3n) is 2.97. The molecular weight excluding hydrogens is 186 g/mol. The van der Waals surface area contributed by atoms with Gasteiger partial charge in [0.15, 0.2) is 0 Å². The summed E-state index contributed by atoms with van der Waals surface area (Å²) in [6.45, 7) is 9.74. The third-order valence-corrected chi connectivity index (χ3v) is 2.97. The molecule has 0 fully saturated rings. The highest BCUT2D eigenvalue weighted by atomic mass is 15.3. The fourth-order valence-electron chi connectivity index (χ4n) is 1.77. The van der Waals surface area contributed by atoms with Crippen LogP contribution in [0.1, 0.15) is 44.9 Å². The van der Waals surface area contributed by atoms with E-state index in [4.69, 9.17) is 0 Å². The summed E-state index contributed by atoms with van der Waals surface area (Å²) in [7, 11) is 1.98. The highest BCUT2D eigenvalue weighted by Gasteiger charge is 2.16. The lowest BCUT2D eigenvalue weighted by molar-refractivity contribution is 0.356. The first-order valence-electron chi connectivity index (χ1n) is 5.69. The van der Waals surface area contributed by atoms with E-state index in [0.29, 0.717) is 0 Å². The first-order valence-corrected chi connectivity index (χ1v) is 5.69. The Balaban J connectivity index is 2.53. The molecule has 1 aromatic heterocycles. The van der Waals surface area contributed by atoms with Gasteiger partial charge >= 0.3 is 0 Å². The zero-order valence-corrected chi connectivity index (χ0v) is 10.6. The Morgan fingerprint density at radius 2 is 2.13 bits per heavy atom. The summed E-state index contributed by atoms with van der Waals surface area (Å²) in [4.78, 5) is 0. The van der Waals surface area contributed by atoms with Crippen LogP contribution in [0.15, 0.2) is 6.20 Å². The normalized spacial score (nSPS) is 12.1. The first-order chi connectivity index (χ1) is 6.96. The molecule has 0 atom stereocenters. The number of rotatable bonds is 5. The molecule has 1 heterocycles. The minimum atomic E-state index is 0.219. The lowest BCUT2D eigenvalue weighted by atomic mass is 9.98. The Hall–Kier alpha value is -0.830. The Morgan fingerprint density at radius 3 is 2.60 bits per heavy atom. The average Bonchev–Trinajstić information content (AvgIpc) is 2.45. The third kappa shape index (κ3) is 3.34. The van der Waals surface area contributed by atoms with Gasteiger partial charge < -0.3 is 5.32 Å². The smallest absolute Gasteiger partial charge is 0.0537 e. The molecule has 0 saturated carbocycles. The van der Waals surface area contributed by atoms with E-state index in [1.54, 1.807) is 0 Å². The molecule has 0 aromatic carbocycles. The van der Waals surface area contributed by atoms with Gasteiger partial charge in [-0.3, -0.25) is 4.68 Å². The van der Waals surface area contributed by atoms with Crippen LogP contribution in [0, 0.1) is 6.92 Å². The van der Waals surface area contributed by atoms with Crippen molar-refractivity contribution in [3.63, 3.8) is 0 Å². The highest BCUT2D eigenvalue weighted by Crippen LogP contribution is 2.13. The van der Waals surface area contributed by atoms with Crippen molar-refractivity contribution >= 4 is 0 Å². The Bertz CT molecular complexity index is 313. The van der Waals surface area contributed by atoms with Gasteiger partial charge in [-0.2, -0.15) is 5.10 Å². The zero-order valence-electron chi connectivity index (χ0n) is 10.6. The molecule has 0 aliphatic carbocycles. The van der Waals surface area contributed by atoms with E-state index in [0.717, 1.165) is 6.54 Å². The molecule has 0 unspecified atom stereocenters. The van der Waals surface area contributed by atoms with Crippen LogP contribution in [0.5, 0.6) is 0 Å². The topological polar surface area (TPSA) is 29.9 Å². The maximum Gasteiger partial charge on any atom is 0.0537 e. The van der Waals surface area contributed by atoms with E-state index in [-0.39, 0.29) is 5.54 Å². The largest absolute Gasteiger partial charge is 0.308 e. The van der Waals surface area contributed by atoms with E-state index in [1.807, 2.05) is 17.9 Å². The summed E-state index contributed by atoms with van der Waals surface area (Å²) in [6.07, 6.45) is 4.36. The Kier molecular flexibility index (Phi) is 3.91. The minimum Gasteiger partial charge on any atom is -0.308 e. The predicted octanol–water partition coefficient (Wildman–Crippen LogP) is 2.40. The predicted molar refractivity (Wildman–Crippen MR) is 63.8 cm³/mol. The molecule has 0 radical (unpaired) electrons. The van der Waals surface area contributed by atoms with Crippen molar-refractivity contribution in [2.24, 2.45) is 7.05 Å². The Labute approximate surface area is 92.9 Å². The van der Waals surface area contributed by atoms with Crippen LogP contribution in [0.25, 0.3) is 0 Å². The van der Waals surface area contributed by atoms with Crippen LogP contribution >= 0.6 is 0 Å². The maximum atomic E-state index is 4.24. The van der Waals surface area contributed by atoms with E-state index >= 15 is 0 Å². The van der Waals surface area contributed by atoms with Crippen molar-refractivity contribution in [3.8, 4) is 0 Å². The van der Waals surface area contributed by atoms with Crippen molar-refractivity contribution in [3.05, 3.63) is 17.5 Å². The number of hydrogen-bond donors (Lipinski definition) is 1. The molecule has 1 N–H and O–H groups in total. The van der Waals surface area contributed by atoms with E-state index in [1.165, 1.54) is 24.1 Å². The molecule has 1 aromatic rings. The van der Waals surface area contributed by atoms with Gasteiger partial charge in [-0.1, -0.05) is 13.3 Å². The summed E-state index contributed by atoms with van der Waals surface area (Å²) in [5.74, 6) is 0. The summed E-state index contributed by atoms with van der Waals surface area (Å²) < 4.78 is 1.92. The van der Waals surface area contributed by atoms with Crippen LogP contribution in [-0.2, 0) is 13.6 Å². The monoisotopic (exact) mass is 209 g/mol. The van der Waals surface area contributed by atoms with Gasteiger partial charge in [0.2, 0.25) is 0 Å². The van der Waals surface area contributed by atoms with Crippen molar-refractivity contribution in [2.75, 3.05) is 0 Å². The standard InChI is InChI=1S/C12H23N3/c1-6-7-12(3,4)13-8-11-9-14-15(5)10(11)2/h9,13H,6-8H2,1-5H3. The van der Waals surface area contributed by atoms with Gasteiger partial charge in [-0.25, -0.2) is 0 Å². The summed E-state index contributed by atoms with van der Waals surface area (Å²) in [5.41, 5.74) is 2.76. The van der Waals surface area contributed by atoms with Gasteiger partial charge in [-0.05, 0) is 27.2 Å². The van der Waals surface area contributed by atoms with Crippen LogP contribution in [0.4, 0.5) is 0 Å². The maximum absolute atomic E-state index is 4.24. The Morgan fingerprint density at radius 1 is 1.47 bits per heavy atom. The number of nitrogens with zero attached hydrogens (tertiary/aromatic N) is 2. The van der Waals surface area contributed by atoms with Gasteiger partial charge in [0, 0.05) is 30.4 Å². The highest BCUT2D eigenvalue weighted by molar-refractivity contribution is 5.15. The van der Waals surface area contributed by atoms with Gasteiger partial charge in [0.05, 0.1) is 6.20 Å². The lowest BCUT2D eigenvalue weighted by Crippen LogP contribution is -2.38. The first kappa shape index (κ1) is 12.2. The van der Waals surface area contributed by atoms with Crippen molar-refractivity contribution < 1.29 is 0 Å². The molecule has 1 rings (SSSR count). The van der Waals surface area contributed by atoms with Gasteiger partial charge in [-0.15, -0.1) is 0 Å². The van der Waals surface area contributed by atoms with E-state index < -0.39 is 0 Å². The second-order valence-electron chi connectivity index (χ2n) is 4.87. The van der Waals surface area contributed by atoms with Crippen molar-refractivity contribution in [2.45, 2.75) is 52.6 Å². The summed E-state index contributed by atoms with van der Waals surface area (Å²) in [5, 5.41) is 7.82. The van der Waals surface area contributed by atoms with Crippen molar-refractivity contribution in [1.82, 2.24) is 15.1 Å². The van der Waals surface area contributed by atoms with Crippen LogP contribution in [0.3, 0.4) is 0 Å². The molecular formula is C12H23N3. The molecule has 86 valence electrons. The molecule has 0 bridgehead atoms. The molecule has 0 saturated heterocycles. The molecule has 0 spiro atoms. The summed E-state index contributed by atoms with van der Waals surface area (Å²) in [6, 6.07) is 0.